The first-order chi connectivity index (χ1) is 15.5. The highest BCUT2D eigenvalue weighted by Gasteiger charge is 2.15. The van der Waals surface area contributed by atoms with Crippen LogP contribution in [0.3, 0.4) is 0 Å². The average Bonchev–Trinajstić information content (AvgIpc) is 3.22. The first kappa shape index (κ1) is 23.1. The number of fused-ring (bicyclic) bond motifs is 1. The van der Waals surface area contributed by atoms with Gasteiger partial charge in [0.1, 0.15) is 6.61 Å². The number of benzene rings is 3. The van der Waals surface area contributed by atoms with Crippen molar-refractivity contribution in [3.05, 3.63) is 79.7 Å². The molecule has 168 valence electrons. The van der Waals surface area contributed by atoms with Gasteiger partial charge in [0.25, 0.3) is 0 Å². The summed E-state index contributed by atoms with van der Waals surface area (Å²) in [7, 11) is 0. The molecule has 8 heteroatoms. The molecule has 0 amide bonds. The smallest absolute Gasteiger partial charge is 0.231 e. The molecule has 1 N–H and O–H groups in total. The Hall–Kier alpha value is -2.12. The van der Waals surface area contributed by atoms with E-state index in [2.05, 4.69) is 21.2 Å². The van der Waals surface area contributed by atoms with Gasteiger partial charge < -0.3 is 24.3 Å². The predicted octanol–water partition coefficient (Wildman–Crippen LogP) is 6.75. The minimum absolute atomic E-state index is 0.277. The van der Waals surface area contributed by atoms with Gasteiger partial charge >= 0.3 is 0 Å². The van der Waals surface area contributed by atoms with Crippen molar-refractivity contribution in [3.63, 3.8) is 0 Å². The number of hydrogen-bond acceptors (Lipinski definition) is 5. The topological polar surface area (TPSA) is 49.0 Å². The van der Waals surface area contributed by atoms with E-state index in [0.29, 0.717) is 47.8 Å². The van der Waals surface area contributed by atoms with E-state index >= 15 is 0 Å². The summed E-state index contributed by atoms with van der Waals surface area (Å²) in [6.07, 6.45) is 0. The van der Waals surface area contributed by atoms with Gasteiger partial charge in [-0.1, -0.05) is 35.3 Å². The van der Waals surface area contributed by atoms with Crippen LogP contribution in [0.5, 0.6) is 23.0 Å². The molecule has 5 nitrogen and oxygen atoms in total. The van der Waals surface area contributed by atoms with Crippen LogP contribution in [0.25, 0.3) is 0 Å². The molecule has 1 heterocycles. The van der Waals surface area contributed by atoms with Gasteiger partial charge in [-0.15, -0.1) is 0 Å². The Morgan fingerprint density at radius 1 is 0.938 bits per heavy atom. The molecular formula is C24H22BrCl2NO4. The molecule has 1 aliphatic rings. The molecule has 0 unspecified atom stereocenters. The monoisotopic (exact) mass is 537 g/mol. The molecule has 0 saturated carbocycles. The quantitative estimate of drug-likeness (QED) is 0.326. The van der Waals surface area contributed by atoms with Crippen molar-refractivity contribution < 1.29 is 18.9 Å². The minimum atomic E-state index is 0.277. The van der Waals surface area contributed by atoms with Gasteiger partial charge in [-0.3, -0.25) is 0 Å². The van der Waals surface area contributed by atoms with Crippen LogP contribution in [-0.4, -0.2) is 13.4 Å². The molecule has 0 bridgehead atoms. The second kappa shape index (κ2) is 10.7. The van der Waals surface area contributed by atoms with Crippen molar-refractivity contribution in [2.24, 2.45) is 0 Å². The summed E-state index contributed by atoms with van der Waals surface area (Å²) in [5, 5.41) is 4.61. The minimum Gasteiger partial charge on any atom is -0.490 e. The fourth-order valence-corrected chi connectivity index (χ4v) is 4.38. The number of rotatable bonds is 9. The van der Waals surface area contributed by atoms with Crippen LogP contribution in [0.2, 0.25) is 10.0 Å². The normalized spacial score (nSPS) is 12.1. The van der Waals surface area contributed by atoms with Crippen molar-refractivity contribution in [1.82, 2.24) is 5.32 Å². The first-order valence-electron chi connectivity index (χ1n) is 10.1. The number of nitrogens with one attached hydrogen (secondary N) is 1. The average molecular weight is 539 g/mol. The Kier molecular flexibility index (Phi) is 7.68. The first-order valence-corrected chi connectivity index (χ1v) is 11.7. The fraction of sp³-hybridized carbons (Fsp3) is 0.250. The van der Waals surface area contributed by atoms with Crippen LogP contribution in [0.1, 0.15) is 23.6 Å². The molecule has 3 aromatic rings. The van der Waals surface area contributed by atoms with E-state index in [1.165, 1.54) is 0 Å². The van der Waals surface area contributed by atoms with E-state index in [-0.39, 0.29) is 6.79 Å². The number of hydrogen-bond donors (Lipinski definition) is 1. The van der Waals surface area contributed by atoms with Gasteiger partial charge in [0.05, 0.1) is 11.1 Å². The van der Waals surface area contributed by atoms with Gasteiger partial charge in [0.2, 0.25) is 6.79 Å². The summed E-state index contributed by atoms with van der Waals surface area (Å²) in [4.78, 5) is 0. The molecular weight excluding hydrogens is 517 g/mol. The summed E-state index contributed by atoms with van der Waals surface area (Å²) < 4.78 is 23.5. The van der Waals surface area contributed by atoms with E-state index in [9.17, 15) is 0 Å². The maximum atomic E-state index is 6.27. The zero-order valence-corrected chi connectivity index (χ0v) is 20.5. The van der Waals surface area contributed by atoms with Crippen molar-refractivity contribution >= 4 is 39.1 Å². The molecule has 0 saturated heterocycles. The molecule has 0 fully saturated rings. The highest BCUT2D eigenvalue weighted by Crippen LogP contribution is 2.38. The summed E-state index contributed by atoms with van der Waals surface area (Å²) in [6.45, 7) is 4.41. The standard InChI is InChI=1S/C24H22BrCl2NO4/c1-2-29-23-9-16(12-28-11-15-3-6-21-22(8-15)32-14-31-21)7-19(25)24(23)30-13-17-4-5-18(26)10-20(17)27/h3-10,28H,2,11-14H2,1H3. The van der Waals surface area contributed by atoms with Gasteiger partial charge in [-0.2, -0.15) is 0 Å². The van der Waals surface area contributed by atoms with Gasteiger partial charge in [-0.25, -0.2) is 0 Å². The van der Waals surface area contributed by atoms with Crippen LogP contribution in [0.4, 0.5) is 0 Å². The van der Waals surface area contributed by atoms with E-state index in [1.54, 1.807) is 12.1 Å². The predicted molar refractivity (Wildman–Crippen MR) is 129 cm³/mol. The third-order valence-corrected chi connectivity index (χ3v) is 6.03. The van der Waals surface area contributed by atoms with Crippen LogP contribution >= 0.6 is 39.1 Å². The van der Waals surface area contributed by atoms with Gasteiger partial charge in [0, 0.05) is 28.7 Å². The molecule has 32 heavy (non-hydrogen) atoms. The zero-order valence-electron chi connectivity index (χ0n) is 17.4. The van der Waals surface area contributed by atoms with Crippen molar-refractivity contribution in [1.29, 1.82) is 0 Å². The summed E-state index contributed by atoms with van der Waals surface area (Å²) >= 11 is 15.9. The van der Waals surface area contributed by atoms with E-state index in [0.717, 1.165) is 32.7 Å². The molecule has 1 aliphatic heterocycles. The Morgan fingerprint density at radius 3 is 2.56 bits per heavy atom. The van der Waals surface area contributed by atoms with Crippen molar-refractivity contribution in [2.45, 2.75) is 26.6 Å². The van der Waals surface area contributed by atoms with Crippen molar-refractivity contribution in [2.75, 3.05) is 13.4 Å². The second-order valence-corrected chi connectivity index (χ2v) is 8.85. The molecule has 0 aliphatic carbocycles. The molecule has 0 radical (unpaired) electrons. The van der Waals surface area contributed by atoms with Gasteiger partial charge in [-0.05, 0) is 70.4 Å². The lowest BCUT2D eigenvalue weighted by Gasteiger charge is -2.16. The number of halogens is 3. The highest BCUT2D eigenvalue weighted by molar-refractivity contribution is 9.10. The molecule has 0 atom stereocenters. The zero-order chi connectivity index (χ0) is 22.5. The van der Waals surface area contributed by atoms with Crippen LogP contribution in [0, 0.1) is 0 Å². The lowest BCUT2D eigenvalue weighted by molar-refractivity contribution is 0.174. The highest BCUT2D eigenvalue weighted by atomic mass is 79.9. The molecule has 0 spiro atoms. The van der Waals surface area contributed by atoms with Crippen molar-refractivity contribution in [3.8, 4) is 23.0 Å². The fourth-order valence-electron chi connectivity index (χ4n) is 3.32. The van der Waals surface area contributed by atoms with E-state index < -0.39 is 0 Å². The van der Waals surface area contributed by atoms with Gasteiger partial charge in [0.15, 0.2) is 23.0 Å². The summed E-state index contributed by atoms with van der Waals surface area (Å²) in [6, 6.07) is 15.3. The second-order valence-electron chi connectivity index (χ2n) is 7.15. The Bertz CT molecular complexity index is 1110. The molecule has 0 aromatic heterocycles. The van der Waals surface area contributed by atoms with E-state index in [1.807, 2.05) is 43.3 Å². The number of ether oxygens (including phenoxy) is 4. The maximum absolute atomic E-state index is 6.27. The molecule has 3 aromatic carbocycles. The van der Waals surface area contributed by atoms with Crippen LogP contribution in [0.15, 0.2) is 53.0 Å². The molecule has 4 rings (SSSR count). The van der Waals surface area contributed by atoms with E-state index in [4.69, 9.17) is 42.1 Å². The van der Waals surface area contributed by atoms with Crippen LogP contribution in [-0.2, 0) is 19.7 Å². The SMILES string of the molecule is CCOc1cc(CNCc2ccc3c(c2)OCO3)cc(Br)c1OCc1ccc(Cl)cc1Cl. The Morgan fingerprint density at radius 2 is 1.75 bits per heavy atom. The Labute approximate surface area is 205 Å². The Balaban J connectivity index is 1.42. The lowest BCUT2D eigenvalue weighted by atomic mass is 10.1. The summed E-state index contributed by atoms with van der Waals surface area (Å²) in [5.74, 6) is 2.88. The third-order valence-electron chi connectivity index (χ3n) is 4.85. The maximum Gasteiger partial charge on any atom is 0.231 e. The largest absolute Gasteiger partial charge is 0.490 e. The summed E-state index contributed by atoms with van der Waals surface area (Å²) in [5.41, 5.74) is 3.04. The third kappa shape index (κ3) is 5.62. The van der Waals surface area contributed by atoms with Crippen LogP contribution < -0.4 is 24.3 Å². The lowest BCUT2D eigenvalue weighted by Crippen LogP contribution is -2.13.